The van der Waals surface area contributed by atoms with Crippen molar-refractivity contribution in [3.63, 3.8) is 0 Å². The summed E-state index contributed by atoms with van der Waals surface area (Å²) in [5.74, 6) is 0.912. The Morgan fingerprint density at radius 2 is 1.59 bits per heavy atom. The summed E-state index contributed by atoms with van der Waals surface area (Å²) in [7, 11) is 0. The van der Waals surface area contributed by atoms with Crippen molar-refractivity contribution in [1.29, 1.82) is 0 Å². The van der Waals surface area contributed by atoms with Crippen LogP contribution < -0.4 is 0 Å². The maximum atomic E-state index is 3.86. The summed E-state index contributed by atoms with van der Waals surface area (Å²) in [6.45, 7) is 2.58. The zero-order chi connectivity index (χ0) is 18.6. The number of rotatable bonds is 1. The van der Waals surface area contributed by atoms with E-state index >= 15 is 0 Å². The number of aryl methyl sites for hydroxylation is 1. The van der Waals surface area contributed by atoms with E-state index < -0.39 is 0 Å². The van der Waals surface area contributed by atoms with E-state index in [4.69, 9.17) is 0 Å². The molecule has 2 aliphatic rings. The highest BCUT2D eigenvalue weighted by atomic mass is 79.9. The summed E-state index contributed by atoms with van der Waals surface area (Å²) >= 11 is 7.49. The molecule has 2 aliphatic carbocycles. The molecule has 0 bridgehead atoms. The van der Waals surface area contributed by atoms with Crippen LogP contribution in [0.3, 0.4) is 0 Å². The third-order valence-corrected chi connectivity index (χ3v) is 8.54. The molecule has 5 rings (SSSR count). The highest BCUT2D eigenvalue weighted by Gasteiger charge is 2.38. The minimum atomic E-state index is 0.475. The average Bonchev–Trinajstić information content (AvgIpc) is 2.69. The SMILES string of the molecule is CC1(C2CCCCC2)CCc2ccc3c(cc(Br)c4cc(Br)ccc43)c2C1. The summed E-state index contributed by atoms with van der Waals surface area (Å²) in [5, 5.41) is 5.53. The van der Waals surface area contributed by atoms with Crippen molar-refractivity contribution in [3.8, 4) is 0 Å². The van der Waals surface area contributed by atoms with Gasteiger partial charge in [0.05, 0.1) is 0 Å². The van der Waals surface area contributed by atoms with Crippen molar-refractivity contribution in [2.75, 3.05) is 0 Å². The van der Waals surface area contributed by atoms with E-state index in [1.165, 1.54) is 77.4 Å². The van der Waals surface area contributed by atoms with E-state index in [0.29, 0.717) is 5.41 Å². The van der Waals surface area contributed by atoms with E-state index in [1.54, 1.807) is 11.1 Å². The zero-order valence-electron chi connectivity index (χ0n) is 16.0. The van der Waals surface area contributed by atoms with E-state index in [1.807, 2.05) is 0 Å². The predicted molar refractivity (Wildman–Crippen MR) is 124 cm³/mol. The molecule has 1 fully saturated rings. The molecule has 0 heterocycles. The standard InChI is InChI=1S/C25H26Br2/c1-25(17-5-3-2-4-6-17)12-11-16-7-9-19-20-10-8-18(26)13-22(20)24(27)14-21(19)23(16)15-25/h7-10,13-14,17H,2-6,11-12,15H2,1H3. The summed E-state index contributed by atoms with van der Waals surface area (Å²) in [6.07, 6.45) is 11.1. The van der Waals surface area contributed by atoms with Gasteiger partial charge in [0.25, 0.3) is 0 Å². The van der Waals surface area contributed by atoms with Gasteiger partial charge in [-0.05, 0) is 94.3 Å². The maximum absolute atomic E-state index is 3.86. The lowest BCUT2D eigenvalue weighted by Crippen LogP contribution is -2.35. The van der Waals surface area contributed by atoms with Crippen LogP contribution in [0.5, 0.6) is 0 Å². The zero-order valence-corrected chi connectivity index (χ0v) is 19.1. The van der Waals surface area contributed by atoms with Crippen LogP contribution >= 0.6 is 31.9 Å². The Morgan fingerprint density at radius 1 is 0.852 bits per heavy atom. The van der Waals surface area contributed by atoms with Gasteiger partial charge < -0.3 is 0 Å². The van der Waals surface area contributed by atoms with Gasteiger partial charge in [-0.15, -0.1) is 0 Å². The van der Waals surface area contributed by atoms with E-state index in [9.17, 15) is 0 Å². The van der Waals surface area contributed by atoms with Crippen LogP contribution in [0.2, 0.25) is 0 Å². The molecule has 0 nitrogen and oxygen atoms in total. The lowest BCUT2D eigenvalue weighted by molar-refractivity contribution is 0.118. The third kappa shape index (κ3) is 3.08. The topological polar surface area (TPSA) is 0 Å². The van der Waals surface area contributed by atoms with Crippen molar-refractivity contribution in [2.24, 2.45) is 11.3 Å². The molecular formula is C25H26Br2. The smallest absolute Gasteiger partial charge is 0.0260 e. The molecule has 0 radical (unpaired) electrons. The molecule has 2 heteroatoms. The molecule has 0 spiro atoms. The molecule has 0 aliphatic heterocycles. The van der Waals surface area contributed by atoms with Gasteiger partial charge in [-0.1, -0.05) is 76.2 Å². The Hall–Kier alpha value is -0.860. The van der Waals surface area contributed by atoms with Gasteiger partial charge in [-0.2, -0.15) is 0 Å². The summed E-state index contributed by atoms with van der Waals surface area (Å²) in [6, 6.07) is 13.8. The molecule has 1 unspecified atom stereocenters. The molecule has 3 aromatic carbocycles. The lowest BCUT2D eigenvalue weighted by Gasteiger charge is -2.44. The first kappa shape index (κ1) is 18.2. The first-order valence-corrected chi connectivity index (χ1v) is 12.0. The minimum Gasteiger partial charge on any atom is -0.0590 e. The van der Waals surface area contributed by atoms with E-state index in [2.05, 4.69) is 75.2 Å². The highest BCUT2D eigenvalue weighted by Crippen LogP contribution is 2.49. The Labute approximate surface area is 179 Å². The lowest BCUT2D eigenvalue weighted by atomic mass is 9.61. The number of benzene rings is 3. The molecule has 1 saturated carbocycles. The van der Waals surface area contributed by atoms with Crippen LogP contribution in [0.25, 0.3) is 21.5 Å². The van der Waals surface area contributed by atoms with Crippen molar-refractivity contribution < 1.29 is 0 Å². The second-order valence-electron chi connectivity index (χ2n) is 9.01. The van der Waals surface area contributed by atoms with Gasteiger partial charge in [0.2, 0.25) is 0 Å². The van der Waals surface area contributed by atoms with Gasteiger partial charge in [-0.3, -0.25) is 0 Å². The number of hydrogen-bond donors (Lipinski definition) is 0. The first-order chi connectivity index (χ1) is 13.0. The summed E-state index contributed by atoms with van der Waals surface area (Å²) in [4.78, 5) is 0. The second kappa shape index (κ2) is 6.88. The molecule has 0 amide bonds. The molecule has 3 aromatic rings. The van der Waals surface area contributed by atoms with Gasteiger partial charge >= 0.3 is 0 Å². The van der Waals surface area contributed by atoms with Crippen molar-refractivity contribution in [2.45, 2.75) is 58.3 Å². The largest absolute Gasteiger partial charge is 0.0590 e. The van der Waals surface area contributed by atoms with Gasteiger partial charge in [-0.25, -0.2) is 0 Å². The number of fused-ring (bicyclic) bond motifs is 5. The molecule has 0 N–H and O–H groups in total. The van der Waals surface area contributed by atoms with Gasteiger partial charge in [0.1, 0.15) is 0 Å². The summed E-state index contributed by atoms with van der Waals surface area (Å²) in [5.41, 5.74) is 3.68. The Balaban J connectivity index is 1.67. The van der Waals surface area contributed by atoms with E-state index in [0.717, 1.165) is 10.4 Å². The van der Waals surface area contributed by atoms with Crippen LogP contribution in [0, 0.1) is 11.3 Å². The molecule has 140 valence electrons. The number of halogens is 2. The third-order valence-electron chi connectivity index (χ3n) is 7.39. The molecule has 27 heavy (non-hydrogen) atoms. The van der Waals surface area contributed by atoms with Crippen molar-refractivity contribution in [3.05, 3.63) is 56.5 Å². The Kier molecular flexibility index (Phi) is 4.64. The fraction of sp³-hybridized carbons (Fsp3) is 0.440. The van der Waals surface area contributed by atoms with Gasteiger partial charge in [0, 0.05) is 8.95 Å². The second-order valence-corrected chi connectivity index (χ2v) is 10.8. The average molecular weight is 486 g/mol. The molecular weight excluding hydrogens is 460 g/mol. The Bertz CT molecular complexity index is 1030. The van der Waals surface area contributed by atoms with Crippen LogP contribution in [-0.4, -0.2) is 0 Å². The normalized spacial score (nSPS) is 23.7. The van der Waals surface area contributed by atoms with Crippen LogP contribution in [-0.2, 0) is 12.8 Å². The highest BCUT2D eigenvalue weighted by molar-refractivity contribution is 9.11. The number of hydrogen-bond acceptors (Lipinski definition) is 0. The monoisotopic (exact) mass is 484 g/mol. The minimum absolute atomic E-state index is 0.475. The van der Waals surface area contributed by atoms with Crippen LogP contribution in [0.15, 0.2) is 45.3 Å². The fourth-order valence-corrected chi connectivity index (χ4v) is 6.68. The first-order valence-electron chi connectivity index (χ1n) is 10.4. The van der Waals surface area contributed by atoms with Crippen LogP contribution in [0.4, 0.5) is 0 Å². The predicted octanol–water partition coefficient (Wildman–Crippen LogP) is 8.59. The van der Waals surface area contributed by atoms with E-state index in [-0.39, 0.29) is 0 Å². The van der Waals surface area contributed by atoms with Crippen LogP contribution in [0.1, 0.15) is 56.6 Å². The van der Waals surface area contributed by atoms with Crippen molar-refractivity contribution >= 4 is 53.4 Å². The summed E-state index contributed by atoms with van der Waals surface area (Å²) < 4.78 is 2.35. The molecule has 0 aromatic heterocycles. The maximum Gasteiger partial charge on any atom is 0.0260 e. The molecule has 0 saturated heterocycles. The molecule has 1 atom stereocenters. The fourth-order valence-electron chi connectivity index (χ4n) is 5.77. The quantitative estimate of drug-likeness (QED) is 0.302. The Morgan fingerprint density at radius 3 is 2.41 bits per heavy atom. The van der Waals surface area contributed by atoms with Crippen molar-refractivity contribution in [1.82, 2.24) is 0 Å². The van der Waals surface area contributed by atoms with Gasteiger partial charge in [0.15, 0.2) is 0 Å².